The first-order chi connectivity index (χ1) is 11.8. The molecule has 0 saturated heterocycles. The van der Waals surface area contributed by atoms with Crippen molar-refractivity contribution < 1.29 is 9.53 Å². The number of amides is 2. The van der Waals surface area contributed by atoms with Crippen LogP contribution in [0.4, 0.5) is 4.79 Å². The maximum Gasteiger partial charge on any atom is 0.315 e. The van der Waals surface area contributed by atoms with Gasteiger partial charge in [0.2, 0.25) is 0 Å². The Morgan fingerprint density at radius 3 is 2.44 bits per heavy atom. The summed E-state index contributed by atoms with van der Waals surface area (Å²) in [5.74, 6) is 0.828. The van der Waals surface area contributed by atoms with Gasteiger partial charge in [0.1, 0.15) is 12.4 Å². The Morgan fingerprint density at radius 1 is 1.04 bits per heavy atom. The molecule has 0 aromatic heterocycles. The number of rotatable bonds is 6. The van der Waals surface area contributed by atoms with E-state index in [-0.39, 0.29) is 11.4 Å². The van der Waals surface area contributed by atoms with E-state index in [1.807, 2.05) is 43.3 Å². The van der Waals surface area contributed by atoms with Gasteiger partial charge in [-0.2, -0.15) is 0 Å². The van der Waals surface area contributed by atoms with Crippen molar-refractivity contribution in [2.24, 2.45) is 0 Å². The molecule has 134 valence electrons. The van der Waals surface area contributed by atoms with E-state index in [0.29, 0.717) is 19.7 Å². The van der Waals surface area contributed by atoms with E-state index in [9.17, 15) is 4.79 Å². The van der Waals surface area contributed by atoms with E-state index < -0.39 is 0 Å². The van der Waals surface area contributed by atoms with E-state index in [1.54, 1.807) is 0 Å². The van der Waals surface area contributed by atoms with Crippen LogP contribution in [0.15, 0.2) is 48.5 Å². The highest BCUT2D eigenvalue weighted by Gasteiger charge is 2.13. The molecular formula is C21H28N2O2. The van der Waals surface area contributed by atoms with Gasteiger partial charge in [0, 0.05) is 6.54 Å². The molecule has 25 heavy (non-hydrogen) atoms. The van der Waals surface area contributed by atoms with Gasteiger partial charge < -0.3 is 15.4 Å². The Labute approximate surface area is 150 Å². The summed E-state index contributed by atoms with van der Waals surface area (Å²) in [4.78, 5) is 11.8. The maximum absolute atomic E-state index is 11.8. The van der Waals surface area contributed by atoms with Crippen molar-refractivity contribution in [2.45, 2.75) is 39.7 Å². The van der Waals surface area contributed by atoms with Gasteiger partial charge in [-0.3, -0.25) is 0 Å². The highest BCUT2D eigenvalue weighted by atomic mass is 16.5. The number of hydrogen-bond donors (Lipinski definition) is 2. The molecule has 4 nitrogen and oxygen atoms in total. The molecular weight excluding hydrogens is 312 g/mol. The van der Waals surface area contributed by atoms with Crippen molar-refractivity contribution in [1.82, 2.24) is 10.6 Å². The summed E-state index contributed by atoms with van der Waals surface area (Å²) in [6.07, 6.45) is 0. The predicted molar refractivity (Wildman–Crippen MR) is 102 cm³/mol. The Bertz CT molecular complexity index is 688. The Hall–Kier alpha value is -2.49. The van der Waals surface area contributed by atoms with Gasteiger partial charge in [0.25, 0.3) is 0 Å². The molecule has 0 aliphatic heterocycles. The van der Waals surface area contributed by atoms with Gasteiger partial charge >= 0.3 is 6.03 Å². The van der Waals surface area contributed by atoms with E-state index in [0.717, 1.165) is 11.3 Å². The first-order valence-corrected chi connectivity index (χ1v) is 8.65. The highest BCUT2D eigenvalue weighted by molar-refractivity contribution is 5.73. The normalized spacial score (nSPS) is 11.0. The Balaban J connectivity index is 1.68. The standard InChI is InChI=1S/C21H28N2O2/c1-16-8-10-17(11-9-16)15-23-20(24)22-12-13-25-19-7-5-6-18(14-19)21(2,3)4/h5-11,14H,12-13,15H2,1-4H3,(H2,22,23,24). The monoisotopic (exact) mass is 340 g/mol. The lowest BCUT2D eigenvalue weighted by atomic mass is 9.87. The predicted octanol–water partition coefficient (Wildman–Crippen LogP) is 4.17. The fraction of sp³-hybridized carbons (Fsp3) is 0.381. The lowest BCUT2D eigenvalue weighted by Crippen LogP contribution is -2.37. The largest absolute Gasteiger partial charge is 0.492 e. The summed E-state index contributed by atoms with van der Waals surface area (Å²) in [5.41, 5.74) is 3.61. The number of carbonyl (C=O) groups excluding carboxylic acids is 1. The third-order valence-electron chi connectivity index (χ3n) is 3.93. The zero-order chi connectivity index (χ0) is 18.3. The van der Waals surface area contributed by atoms with Crippen molar-refractivity contribution in [2.75, 3.05) is 13.2 Å². The van der Waals surface area contributed by atoms with E-state index in [1.165, 1.54) is 11.1 Å². The van der Waals surface area contributed by atoms with Crippen LogP contribution in [0.1, 0.15) is 37.5 Å². The van der Waals surface area contributed by atoms with E-state index in [4.69, 9.17) is 4.74 Å². The van der Waals surface area contributed by atoms with Crippen molar-refractivity contribution in [3.63, 3.8) is 0 Å². The molecule has 0 atom stereocenters. The van der Waals surface area contributed by atoms with Crippen LogP contribution >= 0.6 is 0 Å². The quantitative estimate of drug-likeness (QED) is 0.776. The van der Waals surface area contributed by atoms with Crippen LogP contribution in [-0.2, 0) is 12.0 Å². The Kier molecular flexibility index (Phi) is 6.45. The molecule has 2 aromatic carbocycles. The number of carbonyl (C=O) groups is 1. The average molecular weight is 340 g/mol. The van der Waals surface area contributed by atoms with Crippen LogP contribution in [0.3, 0.4) is 0 Å². The van der Waals surface area contributed by atoms with Crippen LogP contribution in [0.25, 0.3) is 0 Å². The van der Waals surface area contributed by atoms with Crippen LogP contribution in [-0.4, -0.2) is 19.2 Å². The number of nitrogens with one attached hydrogen (secondary N) is 2. The van der Waals surface area contributed by atoms with Crippen LogP contribution in [0.5, 0.6) is 5.75 Å². The summed E-state index contributed by atoms with van der Waals surface area (Å²) < 4.78 is 5.73. The van der Waals surface area contributed by atoms with Gasteiger partial charge in [-0.15, -0.1) is 0 Å². The summed E-state index contributed by atoms with van der Waals surface area (Å²) >= 11 is 0. The third kappa shape index (κ3) is 6.49. The molecule has 0 unspecified atom stereocenters. The lowest BCUT2D eigenvalue weighted by molar-refractivity contribution is 0.236. The van der Waals surface area contributed by atoms with Gasteiger partial charge in [0.05, 0.1) is 6.54 Å². The van der Waals surface area contributed by atoms with Gasteiger partial charge in [-0.1, -0.05) is 62.7 Å². The third-order valence-corrected chi connectivity index (χ3v) is 3.93. The molecule has 0 fully saturated rings. The molecule has 0 aliphatic carbocycles. The molecule has 2 rings (SSSR count). The van der Waals surface area contributed by atoms with Crippen molar-refractivity contribution in [3.05, 3.63) is 65.2 Å². The molecule has 0 radical (unpaired) electrons. The SMILES string of the molecule is Cc1ccc(CNC(=O)NCCOc2cccc(C(C)(C)C)c2)cc1. The molecule has 2 aromatic rings. The second-order valence-electron chi connectivity index (χ2n) is 7.22. The molecule has 0 spiro atoms. The fourth-order valence-electron chi connectivity index (χ4n) is 2.34. The summed E-state index contributed by atoms with van der Waals surface area (Å²) in [7, 11) is 0. The second-order valence-corrected chi connectivity index (χ2v) is 7.22. The van der Waals surface area contributed by atoms with Crippen molar-refractivity contribution in [3.8, 4) is 5.75 Å². The highest BCUT2D eigenvalue weighted by Crippen LogP contribution is 2.25. The zero-order valence-corrected chi connectivity index (χ0v) is 15.6. The molecule has 0 heterocycles. The minimum atomic E-state index is -0.187. The average Bonchev–Trinajstić information content (AvgIpc) is 2.58. The summed E-state index contributed by atoms with van der Waals surface area (Å²) in [6, 6.07) is 16.0. The summed E-state index contributed by atoms with van der Waals surface area (Å²) in [6.45, 7) is 9.97. The molecule has 0 saturated carbocycles. The van der Waals surface area contributed by atoms with Crippen LogP contribution in [0, 0.1) is 6.92 Å². The van der Waals surface area contributed by atoms with Gasteiger partial charge in [-0.05, 0) is 35.6 Å². The number of aryl methyl sites for hydroxylation is 1. The molecule has 4 heteroatoms. The summed E-state index contributed by atoms with van der Waals surface area (Å²) in [5, 5.41) is 5.64. The molecule has 0 aliphatic rings. The lowest BCUT2D eigenvalue weighted by Gasteiger charge is -2.19. The van der Waals surface area contributed by atoms with Gasteiger partial charge in [0.15, 0.2) is 0 Å². The molecule has 0 bridgehead atoms. The first kappa shape index (κ1) is 18.8. The van der Waals surface area contributed by atoms with Gasteiger partial charge in [-0.25, -0.2) is 4.79 Å². The number of urea groups is 1. The molecule has 2 amide bonds. The van der Waals surface area contributed by atoms with E-state index >= 15 is 0 Å². The minimum absolute atomic E-state index is 0.0908. The second kappa shape index (κ2) is 8.56. The zero-order valence-electron chi connectivity index (χ0n) is 15.6. The minimum Gasteiger partial charge on any atom is -0.492 e. The fourth-order valence-corrected chi connectivity index (χ4v) is 2.34. The number of ether oxygens (including phenoxy) is 1. The van der Waals surface area contributed by atoms with Crippen molar-refractivity contribution >= 4 is 6.03 Å². The maximum atomic E-state index is 11.8. The topological polar surface area (TPSA) is 50.4 Å². The van der Waals surface area contributed by atoms with Crippen LogP contribution in [0.2, 0.25) is 0 Å². The molecule has 2 N–H and O–H groups in total. The van der Waals surface area contributed by atoms with Crippen molar-refractivity contribution in [1.29, 1.82) is 0 Å². The van der Waals surface area contributed by atoms with E-state index in [2.05, 4.69) is 43.5 Å². The van der Waals surface area contributed by atoms with Crippen LogP contribution < -0.4 is 15.4 Å². The first-order valence-electron chi connectivity index (χ1n) is 8.65. The Morgan fingerprint density at radius 2 is 1.76 bits per heavy atom. The smallest absolute Gasteiger partial charge is 0.315 e. The number of benzene rings is 2. The number of hydrogen-bond acceptors (Lipinski definition) is 2.